The summed E-state index contributed by atoms with van der Waals surface area (Å²) in [5.74, 6) is 5.65. The standard InChI is InChI=1S/C18H28N8O3S3/c19-6-7-24-32(29)15-5-4-14(16(17(15)31(23)28)18(21)25-26-22)11-2-1-3-13(8-11)30-10-12(27)9-20/h1-5,8,12,24,26-27H,6-7,9-10,19-20,22-23H2,(H2,21,25)/t12-,31?,32?/m1/s1. The number of aliphatic hydroxyl groups excluding tert-OH is 1. The van der Waals surface area contributed by atoms with Crippen LogP contribution in [-0.2, 0) is 22.7 Å². The fourth-order valence-corrected chi connectivity index (χ4v) is 5.76. The maximum Gasteiger partial charge on any atom is 0.241 e. The molecule has 11 nitrogen and oxygen atoms in total. The van der Waals surface area contributed by atoms with Gasteiger partial charge in [0.25, 0.3) is 0 Å². The van der Waals surface area contributed by atoms with Gasteiger partial charge in [-0.15, -0.1) is 26.7 Å². The van der Waals surface area contributed by atoms with Crippen molar-refractivity contribution in [3.63, 3.8) is 0 Å². The lowest BCUT2D eigenvalue weighted by Crippen LogP contribution is -2.33. The third-order valence-electron chi connectivity index (χ3n) is 4.20. The Labute approximate surface area is 197 Å². The summed E-state index contributed by atoms with van der Waals surface area (Å²) >= 11 is -2.35. The molecule has 2 unspecified atom stereocenters. The molecular weight excluding hydrogens is 472 g/mol. The predicted octanol–water partition coefficient (Wildman–Crippen LogP) is -1.60. The van der Waals surface area contributed by atoms with Crippen LogP contribution in [0.3, 0.4) is 0 Å². The van der Waals surface area contributed by atoms with Crippen LogP contribution in [-0.4, -0.2) is 51.5 Å². The number of thioether (sulfide) groups is 1. The first-order valence-corrected chi connectivity index (χ1v) is 12.8. The zero-order chi connectivity index (χ0) is 23.7. The molecule has 0 amide bonds. The first kappa shape index (κ1) is 26.7. The van der Waals surface area contributed by atoms with E-state index in [2.05, 4.69) is 15.4 Å². The number of nitrogens with one attached hydrogen (secondary N) is 2. The van der Waals surface area contributed by atoms with Gasteiger partial charge in [0.2, 0.25) is 9.79 Å². The second-order valence-electron chi connectivity index (χ2n) is 6.42. The topological polar surface area (TPSA) is 233 Å². The second kappa shape index (κ2) is 13.2. The van der Waals surface area contributed by atoms with Gasteiger partial charge in [0, 0.05) is 29.8 Å². The summed E-state index contributed by atoms with van der Waals surface area (Å²) < 4.78 is 28.0. The van der Waals surface area contributed by atoms with Crippen LogP contribution in [0.4, 0.5) is 0 Å². The molecule has 0 spiro atoms. The highest BCUT2D eigenvalue weighted by Gasteiger charge is 2.32. The van der Waals surface area contributed by atoms with Crippen molar-refractivity contribution in [3.8, 4) is 11.1 Å². The lowest BCUT2D eigenvalue weighted by molar-refractivity contribution is 0.208. The van der Waals surface area contributed by atoms with E-state index in [1.54, 1.807) is 12.1 Å². The minimum atomic E-state index is -2.05. The summed E-state index contributed by atoms with van der Waals surface area (Å²) in [6.45, 7) is 0.711. The molecule has 2 aromatic carbocycles. The predicted molar refractivity (Wildman–Crippen MR) is 130 cm³/mol. The molecule has 0 aliphatic heterocycles. The summed E-state index contributed by atoms with van der Waals surface area (Å²) in [5.41, 5.74) is 20.7. The summed E-state index contributed by atoms with van der Waals surface area (Å²) in [6, 6.07) is 10.7. The van der Waals surface area contributed by atoms with E-state index in [1.807, 2.05) is 24.3 Å². The number of hydrogen-bond donors (Lipinski definition) is 8. The lowest BCUT2D eigenvalue weighted by atomic mass is 9.99. The van der Waals surface area contributed by atoms with Crippen LogP contribution in [0.15, 0.2) is 56.2 Å². The maximum atomic E-state index is 12.7. The SMILES string of the molecule is NCCN[S+]([O-])c1ccc(-c2cccc(SC[C@H](O)CN)c2)c(/C(N)=N/NN)c1[S+](N)[O-]. The highest BCUT2D eigenvalue weighted by Crippen LogP contribution is 2.34. The van der Waals surface area contributed by atoms with E-state index in [1.165, 1.54) is 11.8 Å². The quantitative estimate of drug-likeness (QED) is 0.0412. The van der Waals surface area contributed by atoms with Crippen molar-refractivity contribution >= 4 is 40.3 Å². The molecule has 32 heavy (non-hydrogen) atoms. The van der Waals surface area contributed by atoms with Crippen LogP contribution < -0.4 is 38.4 Å². The number of amidine groups is 1. The molecule has 0 radical (unpaired) electrons. The zero-order valence-corrected chi connectivity index (χ0v) is 19.6. The van der Waals surface area contributed by atoms with Crippen LogP contribution in [0.1, 0.15) is 5.56 Å². The molecule has 0 aliphatic rings. The molecule has 13 N–H and O–H groups in total. The Hall–Kier alpha value is -1.56. The van der Waals surface area contributed by atoms with Gasteiger partial charge in [-0.1, -0.05) is 12.1 Å². The Bertz CT molecular complexity index is 919. The van der Waals surface area contributed by atoms with E-state index in [0.717, 1.165) is 10.5 Å². The van der Waals surface area contributed by atoms with Crippen molar-refractivity contribution < 1.29 is 14.2 Å². The van der Waals surface area contributed by atoms with E-state index in [9.17, 15) is 14.2 Å². The summed E-state index contributed by atoms with van der Waals surface area (Å²) in [7, 11) is 0. The second-order valence-corrected chi connectivity index (χ2v) is 9.78. The van der Waals surface area contributed by atoms with Crippen molar-refractivity contribution in [3.05, 3.63) is 42.0 Å². The molecule has 0 aromatic heterocycles. The fourth-order valence-electron chi connectivity index (χ4n) is 2.77. The molecule has 3 atom stereocenters. The van der Waals surface area contributed by atoms with Crippen molar-refractivity contribution in [1.29, 1.82) is 0 Å². The van der Waals surface area contributed by atoms with E-state index in [-0.39, 0.29) is 40.8 Å². The number of hydrazine groups is 1. The lowest BCUT2D eigenvalue weighted by Gasteiger charge is -2.19. The first-order chi connectivity index (χ1) is 15.3. The molecular formula is C18H28N8O3S3. The molecule has 0 fully saturated rings. The van der Waals surface area contributed by atoms with Gasteiger partial charge in [-0.2, -0.15) is 0 Å². The molecule has 14 heteroatoms. The molecule has 0 bridgehead atoms. The van der Waals surface area contributed by atoms with Gasteiger partial charge >= 0.3 is 0 Å². The number of benzene rings is 2. The van der Waals surface area contributed by atoms with Crippen LogP contribution in [0.5, 0.6) is 0 Å². The molecule has 176 valence electrons. The molecule has 0 aliphatic carbocycles. The first-order valence-electron chi connectivity index (χ1n) is 9.43. The Morgan fingerprint density at radius 2 is 1.97 bits per heavy atom. The summed E-state index contributed by atoms with van der Waals surface area (Å²) in [4.78, 5) is 1.14. The highest BCUT2D eigenvalue weighted by atomic mass is 32.2. The molecule has 0 saturated heterocycles. The minimum Gasteiger partial charge on any atom is -0.593 e. The number of hydrogen-bond acceptors (Lipinski definition) is 11. The molecule has 2 aromatic rings. The number of hydrazone groups is 1. The smallest absolute Gasteiger partial charge is 0.241 e. The average Bonchev–Trinajstić information content (AvgIpc) is 2.80. The Morgan fingerprint density at radius 3 is 2.59 bits per heavy atom. The monoisotopic (exact) mass is 500 g/mol. The Morgan fingerprint density at radius 1 is 1.22 bits per heavy atom. The number of nitrogens with zero attached hydrogens (tertiary/aromatic N) is 1. The van der Waals surface area contributed by atoms with Crippen LogP contribution >= 0.6 is 11.8 Å². The highest BCUT2D eigenvalue weighted by molar-refractivity contribution is 7.99. The maximum absolute atomic E-state index is 12.7. The van der Waals surface area contributed by atoms with Crippen molar-refractivity contribution in [2.75, 3.05) is 25.4 Å². The van der Waals surface area contributed by atoms with E-state index in [4.69, 9.17) is 28.2 Å². The van der Waals surface area contributed by atoms with Crippen molar-refractivity contribution in [2.24, 2.45) is 33.3 Å². The van der Waals surface area contributed by atoms with E-state index in [0.29, 0.717) is 11.3 Å². The Kier molecular flexibility index (Phi) is 11.0. The van der Waals surface area contributed by atoms with Gasteiger partial charge in [0.05, 0.1) is 40.9 Å². The Balaban J connectivity index is 2.62. The van der Waals surface area contributed by atoms with Crippen molar-refractivity contribution in [1.82, 2.24) is 10.3 Å². The van der Waals surface area contributed by atoms with Gasteiger partial charge in [-0.25, -0.2) is 11.4 Å². The normalized spacial score (nSPS) is 14.8. The fraction of sp³-hybridized carbons (Fsp3) is 0.278. The third-order valence-corrected chi connectivity index (χ3v) is 7.50. The molecule has 2 rings (SSSR count). The van der Waals surface area contributed by atoms with Crippen LogP contribution in [0.25, 0.3) is 11.1 Å². The third kappa shape index (κ3) is 6.97. The summed E-state index contributed by atoms with van der Waals surface area (Å²) in [6.07, 6.45) is -0.626. The largest absolute Gasteiger partial charge is 0.593 e. The average molecular weight is 501 g/mol. The van der Waals surface area contributed by atoms with Crippen molar-refractivity contribution in [2.45, 2.75) is 20.8 Å². The van der Waals surface area contributed by atoms with Gasteiger partial charge in [0.1, 0.15) is 0 Å². The van der Waals surface area contributed by atoms with Gasteiger partial charge in [-0.05, 0) is 29.3 Å². The molecule has 0 saturated carbocycles. The number of aliphatic hydroxyl groups is 1. The van der Waals surface area contributed by atoms with E-state index < -0.39 is 28.8 Å². The van der Waals surface area contributed by atoms with Crippen LogP contribution in [0, 0.1) is 0 Å². The molecule has 0 heterocycles. The number of nitrogens with two attached hydrogens (primary N) is 5. The van der Waals surface area contributed by atoms with E-state index >= 15 is 0 Å². The van der Waals surface area contributed by atoms with Gasteiger partial charge < -0.3 is 31.4 Å². The number of rotatable bonds is 12. The minimum absolute atomic E-state index is 0.0680. The zero-order valence-electron chi connectivity index (χ0n) is 17.2. The van der Waals surface area contributed by atoms with Gasteiger partial charge in [0.15, 0.2) is 5.84 Å². The van der Waals surface area contributed by atoms with Gasteiger partial charge in [-0.3, -0.25) is 0 Å². The summed E-state index contributed by atoms with van der Waals surface area (Å²) in [5, 5.41) is 19.3. The van der Waals surface area contributed by atoms with Crippen LogP contribution in [0.2, 0.25) is 0 Å².